The van der Waals surface area contributed by atoms with E-state index in [0.29, 0.717) is 5.82 Å². The fourth-order valence-electron chi connectivity index (χ4n) is 1.72. The lowest BCUT2D eigenvalue weighted by molar-refractivity contribution is -0.117. The number of carbonyl (C=O) groups excluding carboxylic acids is 1. The highest BCUT2D eigenvalue weighted by molar-refractivity contribution is 5.96. The van der Waals surface area contributed by atoms with Crippen LogP contribution in [0.25, 0.3) is 5.65 Å². The first-order valence-corrected chi connectivity index (χ1v) is 5.53. The number of imidazole rings is 1. The lowest BCUT2D eigenvalue weighted by atomic mass is 10.3. The van der Waals surface area contributed by atoms with Crippen LogP contribution in [-0.2, 0) is 4.79 Å². The van der Waals surface area contributed by atoms with E-state index in [4.69, 9.17) is 5.11 Å². The summed E-state index contributed by atoms with van der Waals surface area (Å²) < 4.78 is 1.32. The number of hydrogen-bond donors (Lipinski definition) is 2. The zero-order chi connectivity index (χ0) is 12.7. The van der Waals surface area contributed by atoms with Crippen LogP contribution in [0.1, 0.15) is 23.2 Å². The monoisotopic (exact) mass is 246 g/mol. The van der Waals surface area contributed by atoms with Gasteiger partial charge in [-0.15, -0.1) is 0 Å². The number of carboxylic acids is 1. The molecule has 92 valence electrons. The third kappa shape index (κ3) is 1.69. The Hall–Kier alpha value is -2.44. The molecule has 1 amide bonds. The van der Waals surface area contributed by atoms with Crippen molar-refractivity contribution in [3.05, 3.63) is 24.0 Å². The standard InChI is InChI=1S/C11H10N4O3/c16-10(6-1-2-6)14-8-5-12-9-7(11(17)18)3-4-13-15(8)9/h3-6H,1-2H2,(H,14,16)(H,17,18). The third-order valence-electron chi connectivity index (χ3n) is 2.83. The van der Waals surface area contributed by atoms with E-state index in [1.165, 1.54) is 23.0 Å². The summed E-state index contributed by atoms with van der Waals surface area (Å²) in [5, 5.41) is 15.7. The van der Waals surface area contributed by atoms with Crippen molar-refractivity contribution in [3.63, 3.8) is 0 Å². The Labute approximate surface area is 101 Å². The Kier molecular flexibility index (Phi) is 2.26. The second-order valence-corrected chi connectivity index (χ2v) is 4.19. The van der Waals surface area contributed by atoms with E-state index in [-0.39, 0.29) is 23.0 Å². The van der Waals surface area contributed by atoms with Gasteiger partial charge in [-0.3, -0.25) is 4.79 Å². The first kappa shape index (κ1) is 10.7. The van der Waals surface area contributed by atoms with E-state index in [1.807, 2.05) is 0 Å². The average molecular weight is 246 g/mol. The molecule has 2 heterocycles. The lowest BCUT2D eigenvalue weighted by Gasteiger charge is -2.03. The minimum Gasteiger partial charge on any atom is -0.478 e. The molecule has 1 saturated carbocycles. The van der Waals surface area contributed by atoms with Crippen LogP contribution in [0, 0.1) is 5.92 Å². The molecule has 18 heavy (non-hydrogen) atoms. The minimum absolute atomic E-state index is 0.0527. The molecule has 1 fully saturated rings. The number of aromatic nitrogens is 3. The van der Waals surface area contributed by atoms with E-state index < -0.39 is 5.97 Å². The number of anilines is 1. The molecule has 7 heteroatoms. The van der Waals surface area contributed by atoms with E-state index in [2.05, 4.69) is 15.4 Å². The van der Waals surface area contributed by atoms with Gasteiger partial charge in [-0.1, -0.05) is 0 Å². The molecule has 3 rings (SSSR count). The van der Waals surface area contributed by atoms with Crippen LogP contribution in [0.15, 0.2) is 18.5 Å². The first-order valence-electron chi connectivity index (χ1n) is 5.53. The van der Waals surface area contributed by atoms with Crippen LogP contribution in [-0.4, -0.2) is 31.6 Å². The Morgan fingerprint density at radius 3 is 2.89 bits per heavy atom. The molecule has 0 bridgehead atoms. The molecule has 0 spiro atoms. The highest BCUT2D eigenvalue weighted by Crippen LogP contribution is 2.30. The van der Waals surface area contributed by atoms with Gasteiger partial charge in [-0.05, 0) is 18.9 Å². The number of fused-ring (bicyclic) bond motifs is 1. The van der Waals surface area contributed by atoms with Gasteiger partial charge in [-0.2, -0.15) is 9.61 Å². The summed E-state index contributed by atoms with van der Waals surface area (Å²) in [5.74, 6) is -0.685. The molecule has 7 nitrogen and oxygen atoms in total. The highest BCUT2D eigenvalue weighted by atomic mass is 16.4. The van der Waals surface area contributed by atoms with E-state index >= 15 is 0 Å². The van der Waals surface area contributed by atoms with Crippen molar-refractivity contribution in [1.29, 1.82) is 0 Å². The van der Waals surface area contributed by atoms with Crippen LogP contribution in [0.2, 0.25) is 0 Å². The topological polar surface area (TPSA) is 96.6 Å². The maximum atomic E-state index is 11.6. The molecule has 0 saturated heterocycles. The van der Waals surface area contributed by atoms with Gasteiger partial charge >= 0.3 is 5.97 Å². The lowest BCUT2D eigenvalue weighted by Crippen LogP contribution is -2.15. The van der Waals surface area contributed by atoms with Crippen LogP contribution in [0.5, 0.6) is 0 Å². The van der Waals surface area contributed by atoms with Gasteiger partial charge in [0.1, 0.15) is 5.56 Å². The fraction of sp³-hybridized carbons (Fsp3) is 0.273. The molecular weight excluding hydrogens is 236 g/mol. The molecule has 2 aromatic rings. The summed E-state index contributed by atoms with van der Waals surface area (Å²) in [6.45, 7) is 0. The molecule has 1 aliphatic carbocycles. The number of hydrogen-bond acceptors (Lipinski definition) is 4. The number of nitrogens with one attached hydrogen (secondary N) is 1. The van der Waals surface area contributed by atoms with Crippen LogP contribution in [0.4, 0.5) is 5.82 Å². The Morgan fingerprint density at radius 1 is 1.44 bits per heavy atom. The molecule has 2 N–H and O–H groups in total. The minimum atomic E-state index is -1.08. The second-order valence-electron chi connectivity index (χ2n) is 4.19. The molecule has 0 aromatic carbocycles. The van der Waals surface area contributed by atoms with Crippen LogP contribution in [0.3, 0.4) is 0 Å². The van der Waals surface area contributed by atoms with Gasteiger partial charge < -0.3 is 10.4 Å². The van der Waals surface area contributed by atoms with Gasteiger partial charge in [-0.25, -0.2) is 9.78 Å². The first-order chi connectivity index (χ1) is 8.66. The van der Waals surface area contributed by atoms with Crippen molar-refractivity contribution < 1.29 is 14.7 Å². The Bertz CT molecular complexity index is 645. The number of carbonyl (C=O) groups is 2. The van der Waals surface area contributed by atoms with E-state index in [1.54, 1.807) is 0 Å². The quantitative estimate of drug-likeness (QED) is 0.834. The molecule has 0 unspecified atom stereocenters. The summed E-state index contributed by atoms with van der Waals surface area (Å²) in [6.07, 6.45) is 4.58. The molecule has 0 aliphatic heterocycles. The Morgan fingerprint density at radius 2 is 2.22 bits per heavy atom. The van der Waals surface area contributed by atoms with Crippen molar-refractivity contribution >= 4 is 23.3 Å². The summed E-state index contributed by atoms with van der Waals surface area (Å²) in [4.78, 5) is 26.6. The zero-order valence-corrected chi connectivity index (χ0v) is 9.33. The number of rotatable bonds is 3. The maximum absolute atomic E-state index is 11.6. The molecule has 1 aliphatic rings. The van der Waals surface area contributed by atoms with Gasteiger partial charge in [0, 0.05) is 12.1 Å². The van der Waals surface area contributed by atoms with Gasteiger partial charge in [0.05, 0.1) is 6.20 Å². The second kappa shape index (κ2) is 3.80. The van der Waals surface area contributed by atoms with E-state index in [0.717, 1.165) is 12.8 Å². The van der Waals surface area contributed by atoms with Crippen LogP contribution < -0.4 is 5.32 Å². The van der Waals surface area contributed by atoms with Gasteiger partial charge in [0.15, 0.2) is 11.5 Å². The normalized spacial score (nSPS) is 14.7. The summed E-state index contributed by atoms with van der Waals surface area (Å²) in [5.41, 5.74) is 0.271. The predicted octanol–water partition coefficient (Wildman–Crippen LogP) is 0.776. The van der Waals surface area contributed by atoms with Crippen molar-refractivity contribution in [2.75, 3.05) is 5.32 Å². The zero-order valence-electron chi connectivity index (χ0n) is 9.33. The number of amides is 1. The van der Waals surface area contributed by atoms with Crippen molar-refractivity contribution in [2.45, 2.75) is 12.8 Å². The Balaban J connectivity index is 2.01. The SMILES string of the molecule is O=C(O)c1ccnn2c(NC(=O)C3CC3)cnc12. The van der Waals surface area contributed by atoms with Crippen molar-refractivity contribution in [3.8, 4) is 0 Å². The molecular formula is C11H10N4O3. The predicted molar refractivity (Wildman–Crippen MR) is 61.3 cm³/mol. The largest absolute Gasteiger partial charge is 0.478 e. The maximum Gasteiger partial charge on any atom is 0.339 e. The van der Waals surface area contributed by atoms with Gasteiger partial charge in [0.25, 0.3) is 0 Å². The van der Waals surface area contributed by atoms with Crippen LogP contribution >= 0.6 is 0 Å². The number of nitrogens with zero attached hydrogens (tertiary/aromatic N) is 3. The fourth-order valence-corrected chi connectivity index (χ4v) is 1.72. The molecule has 0 atom stereocenters. The molecule has 0 radical (unpaired) electrons. The smallest absolute Gasteiger partial charge is 0.339 e. The average Bonchev–Trinajstić information content (AvgIpc) is 3.12. The highest BCUT2D eigenvalue weighted by Gasteiger charge is 2.30. The summed E-state index contributed by atoms with van der Waals surface area (Å²) >= 11 is 0. The van der Waals surface area contributed by atoms with Gasteiger partial charge in [0.2, 0.25) is 5.91 Å². The number of aromatic carboxylic acids is 1. The molecule has 2 aromatic heterocycles. The summed E-state index contributed by atoms with van der Waals surface area (Å²) in [7, 11) is 0. The van der Waals surface area contributed by atoms with Crippen molar-refractivity contribution in [2.24, 2.45) is 5.92 Å². The van der Waals surface area contributed by atoms with E-state index in [9.17, 15) is 9.59 Å². The van der Waals surface area contributed by atoms with Crippen molar-refractivity contribution in [1.82, 2.24) is 14.6 Å². The number of carboxylic acid groups (broad SMARTS) is 1. The third-order valence-corrected chi connectivity index (χ3v) is 2.83. The summed E-state index contributed by atoms with van der Waals surface area (Å²) in [6, 6.07) is 1.37.